The second kappa shape index (κ2) is 17.4. The van der Waals surface area contributed by atoms with E-state index in [1.165, 1.54) is 0 Å². The number of ether oxygens (including phenoxy) is 6. The van der Waals surface area contributed by atoms with Crippen molar-refractivity contribution in [2.24, 2.45) is 0 Å². The van der Waals surface area contributed by atoms with Gasteiger partial charge in [-0.1, -0.05) is 53.4 Å². The summed E-state index contributed by atoms with van der Waals surface area (Å²) in [6, 6.07) is 4.19. The first-order valence-electron chi connectivity index (χ1n) is 15.6. The summed E-state index contributed by atoms with van der Waals surface area (Å²) >= 11 is 1.63. The summed E-state index contributed by atoms with van der Waals surface area (Å²) < 4.78 is 39.7. The quantitative estimate of drug-likeness (QED) is 0.139. The zero-order valence-electron chi connectivity index (χ0n) is 25.7. The molecule has 0 saturated carbocycles. The van der Waals surface area contributed by atoms with Crippen LogP contribution in [0.5, 0.6) is 0 Å². The van der Waals surface area contributed by atoms with Crippen LogP contribution in [0.3, 0.4) is 0 Å². The molecule has 6 atom stereocenters. The lowest BCUT2D eigenvalue weighted by molar-refractivity contribution is -0.384. The first-order valence-corrected chi connectivity index (χ1v) is 16.8. The Bertz CT molecular complexity index is 866. The highest BCUT2D eigenvalue weighted by Crippen LogP contribution is 2.50. The molecule has 7 nitrogen and oxygen atoms in total. The molecule has 1 unspecified atom stereocenters. The number of unbranched alkanes of at least 4 members (excludes halogenated alkanes) is 4. The zero-order chi connectivity index (χ0) is 29.0. The highest BCUT2D eigenvalue weighted by molar-refractivity contribution is 7.98. The van der Waals surface area contributed by atoms with E-state index in [0.717, 1.165) is 73.0 Å². The van der Waals surface area contributed by atoms with E-state index in [2.05, 4.69) is 39.8 Å². The zero-order valence-corrected chi connectivity index (χ0v) is 26.6. The predicted molar refractivity (Wildman–Crippen MR) is 160 cm³/mol. The maximum Gasteiger partial charge on any atom is 0.225 e. The van der Waals surface area contributed by atoms with Crippen LogP contribution in [0.15, 0.2) is 17.0 Å². The molecule has 1 fully saturated rings. The SMILES string of the molecule is CCCCOC[C@H]1O[C@]2(OCc3cc(SC)c(C(C)O)cc32)[C@H](OCCCC)[C@@H](OCCCC)[C@@H]1OCCCC. The molecule has 1 N–H and O–H groups in total. The van der Waals surface area contributed by atoms with Crippen molar-refractivity contribution in [3.8, 4) is 0 Å². The number of rotatable bonds is 19. The maximum atomic E-state index is 10.7. The van der Waals surface area contributed by atoms with Crippen molar-refractivity contribution in [1.29, 1.82) is 0 Å². The molecular weight excluding hydrogens is 528 g/mol. The number of aliphatic hydroxyl groups excluding tert-OH is 1. The third-order valence-corrected chi connectivity index (χ3v) is 8.54. The van der Waals surface area contributed by atoms with Gasteiger partial charge in [0, 0.05) is 36.9 Å². The van der Waals surface area contributed by atoms with Gasteiger partial charge in [0.2, 0.25) is 5.79 Å². The molecule has 2 aliphatic rings. The fraction of sp³-hybridized carbons (Fsp3) is 0.812. The molecule has 3 rings (SSSR count). The molecule has 0 aromatic heterocycles. The second-order valence-corrected chi connectivity index (χ2v) is 11.8. The molecular formula is C32H54O7S. The Morgan fingerprint density at radius 2 is 1.50 bits per heavy atom. The first-order chi connectivity index (χ1) is 19.5. The lowest BCUT2D eigenvalue weighted by atomic mass is 9.86. The van der Waals surface area contributed by atoms with E-state index in [1.807, 2.05) is 6.26 Å². The van der Waals surface area contributed by atoms with Crippen LogP contribution in [0.1, 0.15) is 109 Å². The minimum absolute atomic E-state index is 0.350. The smallest absolute Gasteiger partial charge is 0.225 e. The number of thioether (sulfide) groups is 1. The van der Waals surface area contributed by atoms with Gasteiger partial charge in [0.05, 0.1) is 19.3 Å². The monoisotopic (exact) mass is 582 g/mol. The third kappa shape index (κ3) is 8.22. The van der Waals surface area contributed by atoms with Gasteiger partial charge in [0.15, 0.2) is 0 Å². The minimum atomic E-state index is -1.18. The molecule has 2 heterocycles. The average Bonchev–Trinajstić information content (AvgIpc) is 3.30. The average molecular weight is 583 g/mol. The summed E-state index contributed by atoms with van der Waals surface area (Å²) in [6.07, 6.45) is 7.74. The van der Waals surface area contributed by atoms with E-state index in [0.29, 0.717) is 39.6 Å². The largest absolute Gasteiger partial charge is 0.389 e. The molecule has 1 saturated heterocycles. The van der Waals surface area contributed by atoms with E-state index in [1.54, 1.807) is 18.7 Å². The van der Waals surface area contributed by atoms with E-state index in [4.69, 9.17) is 28.4 Å². The molecule has 8 heteroatoms. The van der Waals surface area contributed by atoms with Crippen molar-refractivity contribution >= 4 is 11.8 Å². The fourth-order valence-electron chi connectivity index (χ4n) is 5.39. The molecule has 0 amide bonds. The van der Waals surface area contributed by atoms with Crippen LogP contribution in [0.25, 0.3) is 0 Å². The van der Waals surface area contributed by atoms with E-state index in [-0.39, 0.29) is 6.10 Å². The van der Waals surface area contributed by atoms with Crippen LogP contribution in [-0.4, -0.2) is 68.8 Å². The van der Waals surface area contributed by atoms with Crippen molar-refractivity contribution in [2.75, 3.05) is 39.3 Å². The van der Waals surface area contributed by atoms with Crippen molar-refractivity contribution in [2.45, 2.75) is 134 Å². The lowest BCUT2D eigenvalue weighted by Gasteiger charge is -2.51. The molecule has 1 aromatic carbocycles. The predicted octanol–water partition coefficient (Wildman–Crippen LogP) is 6.92. The first kappa shape index (κ1) is 33.8. The van der Waals surface area contributed by atoms with Crippen molar-refractivity contribution in [1.82, 2.24) is 0 Å². The van der Waals surface area contributed by atoms with Gasteiger partial charge in [0.1, 0.15) is 24.4 Å². The van der Waals surface area contributed by atoms with E-state index in [9.17, 15) is 5.11 Å². The van der Waals surface area contributed by atoms with Gasteiger partial charge < -0.3 is 33.5 Å². The summed E-state index contributed by atoms with van der Waals surface area (Å²) in [4.78, 5) is 1.05. The van der Waals surface area contributed by atoms with Gasteiger partial charge >= 0.3 is 0 Å². The Morgan fingerprint density at radius 1 is 0.900 bits per heavy atom. The van der Waals surface area contributed by atoms with Crippen LogP contribution in [0.2, 0.25) is 0 Å². The summed E-state index contributed by atoms with van der Waals surface area (Å²) in [5, 5.41) is 10.7. The fourth-order valence-corrected chi connectivity index (χ4v) is 6.11. The van der Waals surface area contributed by atoms with Gasteiger partial charge in [-0.15, -0.1) is 11.8 Å². The second-order valence-electron chi connectivity index (χ2n) is 11.0. The molecule has 0 aliphatic carbocycles. The summed E-state index contributed by atoms with van der Waals surface area (Å²) in [5.41, 5.74) is 2.84. The van der Waals surface area contributed by atoms with E-state index >= 15 is 0 Å². The van der Waals surface area contributed by atoms with Crippen LogP contribution in [0, 0.1) is 0 Å². The van der Waals surface area contributed by atoms with Gasteiger partial charge in [0.25, 0.3) is 0 Å². The van der Waals surface area contributed by atoms with Crippen molar-refractivity contribution in [3.05, 3.63) is 28.8 Å². The van der Waals surface area contributed by atoms with Crippen LogP contribution in [-0.2, 0) is 40.8 Å². The molecule has 0 radical (unpaired) electrons. The topological polar surface area (TPSA) is 75.6 Å². The summed E-state index contributed by atoms with van der Waals surface area (Å²) in [5.74, 6) is -1.18. The Hall–Kier alpha value is -0.710. The van der Waals surface area contributed by atoms with Crippen molar-refractivity contribution in [3.63, 3.8) is 0 Å². The Kier molecular flexibility index (Phi) is 14.7. The molecule has 2 aliphatic heterocycles. The van der Waals surface area contributed by atoms with Crippen LogP contribution < -0.4 is 0 Å². The number of aliphatic hydroxyl groups is 1. The van der Waals surface area contributed by atoms with Gasteiger partial charge in [-0.2, -0.15) is 0 Å². The van der Waals surface area contributed by atoms with Gasteiger partial charge in [-0.05, 0) is 62.1 Å². The summed E-state index contributed by atoms with van der Waals surface area (Å²) in [6.45, 7) is 13.7. The lowest BCUT2D eigenvalue weighted by Crippen LogP contribution is -2.66. The highest BCUT2D eigenvalue weighted by atomic mass is 32.2. The number of fused-ring (bicyclic) bond motifs is 2. The molecule has 40 heavy (non-hydrogen) atoms. The maximum absolute atomic E-state index is 10.7. The minimum Gasteiger partial charge on any atom is -0.389 e. The summed E-state index contributed by atoms with van der Waals surface area (Å²) in [7, 11) is 0. The normalized spacial score (nSPS) is 26.9. The van der Waals surface area contributed by atoms with Crippen LogP contribution >= 0.6 is 11.8 Å². The number of benzene rings is 1. The highest BCUT2D eigenvalue weighted by Gasteiger charge is 2.61. The molecule has 1 spiro atoms. The Morgan fingerprint density at radius 3 is 2.10 bits per heavy atom. The van der Waals surface area contributed by atoms with Gasteiger partial charge in [-0.25, -0.2) is 0 Å². The Labute approximate surface area is 247 Å². The standard InChI is InChI=1S/C32H54O7S/c1-7-11-15-34-22-27-29(35-16-12-8-2)30(36-17-13-9-3)31(37-18-14-10-4)32(39-27)26-20-25(23(5)33)28(40-6)19-24(26)21-38-32/h19-20,23,27,29-31,33H,7-18,21-22H2,1-6H3/t23?,27-,29-,30+,31-,32+/m1/s1. The van der Waals surface area contributed by atoms with Crippen molar-refractivity contribution < 1.29 is 33.5 Å². The van der Waals surface area contributed by atoms with E-state index < -0.39 is 30.2 Å². The Balaban J connectivity index is 2.09. The van der Waals surface area contributed by atoms with Crippen LogP contribution in [0.4, 0.5) is 0 Å². The number of hydrogen-bond donors (Lipinski definition) is 1. The molecule has 230 valence electrons. The molecule has 0 bridgehead atoms. The molecule has 1 aromatic rings. The number of hydrogen-bond acceptors (Lipinski definition) is 8. The van der Waals surface area contributed by atoms with Gasteiger partial charge in [-0.3, -0.25) is 0 Å². The third-order valence-electron chi connectivity index (χ3n) is 7.75.